The molecule has 0 radical (unpaired) electrons. The summed E-state index contributed by atoms with van der Waals surface area (Å²) >= 11 is 8.00. The van der Waals surface area contributed by atoms with E-state index in [4.69, 9.17) is 21.3 Å². The van der Waals surface area contributed by atoms with Gasteiger partial charge in [-0.05, 0) is 62.4 Å². The Hall–Kier alpha value is -3.67. The molecule has 2 atom stereocenters. The van der Waals surface area contributed by atoms with Gasteiger partial charge in [0.2, 0.25) is 0 Å². The summed E-state index contributed by atoms with van der Waals surface area (Å²) < 4.78 is 33.5. The van der Waals surface area contributed by atoms with Crippen LogP contribution in [0, 0.1) is 5.92 Å². The summed E-state index contributed by atoms with van der Waals surface area (Å²) in [4.78, 5) is 39.4. The molecule has 3 aromatic heterocycles. The average molecular weight is 654 g/mol. The van der Waals surface area contributed by atoms with Crippen molar-refractivity contribution in [2.45, 2.75) is 58.5 Å². The highest BCUT2D eigenvalue weighted by Crippen LogP contribution is 2.33. The second-order valence-electron chi connectivity index (χ2n) is 11.9. The second-order valence-corrected chi connectivity index (χ2v) is 13.1. The topological polar surface area (TPSA) is 89.3 Å². The molecular weight excluding hydrogens is 620 g/mol. The van der Waals surface area contributed by atoms with Gasteiger partial charge in [0, 0.05) is 54.1 Å². The van der Waals surface area contributed by atoms with E-state index in [0.717, 1.165) is 12.8 Å². The van der Waals surface area contributed by atoms with Crippen molar-refractivity contribution >= 4 is 28.8 Å². The number of ether oxygens (including phenoxy) is 1. The van der Waals surface area contributed by atoms with Gasteiger partial charge in [0.05, 0.1) is 34.1 Å². The lowest BCUT2D eigenvalue weighted by molar-refractivity contribution is 0.0695. The van der Waals surface area contributed by atoms with Crippen LogP contribution < -0.4 is 15.6 Å². The summed E-state index contributed by atoms with van der Waals surface area (Å²) in [6, 6.07) is 10.1. The normalized spacial score (nSPS) is 17.8. The van der Waals surface area contributed by atoms with Crippen LogP contribution in [0.4, 0.5) is 8.78 Å². The van der Waals surface area contributed by atoms with Crippen LogP contribution in [0.5, 0.6) is 5.75 Å². The highest BCUT2D eigenvalue weighted by molar-refractivity contribution is 7.13. The Labute approximate surface area is 269 Å². The van der Waals surface area contributed by atoms with Crippen molar-refractivity contribution in [2.24, 2.45) is 5.92 Å². The number of halogens is 3. The standard InChI is InChI=1S/C33H34ClF2N5O3S/c1-4-44-22-8-9-25(34)29(12-22)41-28(11-18(2)3)23(32(42)40-15-20-6-7-21(16-40)38-20)13-24(33(41)43)31-39-27(17-45-31)19-5-10-26(30(35)36)37-14-19/h5,8-10,12-14,17-18,20-21,30,38H,4,6-7,11,15-16H2,1-3H3/t20-,21+. The predicted octanol–water partition coefficient (Wildman–Crippen LogP) is 6.79. The number of likely N-dealkylation sites (tertiary alicyclic amines) is 1. The van der Waals surface area contributed by atoms with E-state index in [2.05, 4.69) is 10.3 Å². The summed E-state index contributed by atoms with van der Waals surface area (Å²) in [7, 11) is 0. The van der Waals surface area contributed by atoms with E-state index >= 15 is 0 Å². The van der Waals surface area contributed by atoms with E-state index in [9.17, 15) is 18.4 Å². The fourth-order valence-corrected chi connectivity index (χ4v) is 7.14. The number of nitrogens with zero attached hydrogens (tertiary/aromatic N) is 4. The third-order valence-electron chi connectivity index (χ3n) is 8.15. The lowest BCUT2D eigenvalue weighted by atomic mass is 9.99. The van der Waals surface area contributed by atoms with Gasteiger partial charge in [-0.1, -0.05) is 25.4 Å². The Kier molecular flexibility index (Phi) is 9.03. The SMILES string of the molecule is CCOc1ccc(Cl)c(-n2c(CC(C)C)c(C(=O)N3C[C@H]4CC[C@@H](C3)N4)cc(-c3nc(-c4ccc(C(F)F)nc4)cs3)c2=O)c1. The molecule has 2 aliphatic heterocycles. The van der Waals surface area contributed by atoms with Gasteiger partial charge < -0.3 is 15.0 Å². The fraction of sp³-hybridized carbons (Fsp3) is 0.394. The zero-order valence-electron chi connectivity index (χ0n) is 25.2. The summed E-state index contributed by atoms with van der Waals surface area (Å²) in [5.74, 6) is 0.531. The number of benzene rings is 1. The summed E-state index contributed by atoms with van der Waals surface area (Å²) in [5.41, 5.74) is 2.00. The van der Waals surface area contributed by atoms with Crippen LogP contribution in [0.15, 0.2) is 52.8 Å². The third kappa shape index (κ3) is 6.39. The first kappa shape index (κ1) is 31.3. The molecule has 5 heterocycles. The van der Waals surface area contributed by atoms with Crippen molar-refractivity contribution in [2.75, 3.05) is 19.7 Å². The number of amides is 1. The quantitative estimate of drug-likeness (QED) is 0.214. The molecule has 12 heteroatoms. The minimum atomic E-state index is -2.68. The van der Waals surface area contributed by atoms with Crippen molar-refractivity contribution in [3.05, 3.63) is 80.3 Å². The number of thiazole rings is 1. The number of hydrogen-bond acceptors (Lipinski definition) is 7. The molecule has 2 saturated heterocycles. The minimum Gasteiger partial charge on any atom is -0.494 e. The van der Waals surface area contributed by atoms with E-state index in [1.165, 1.54) is 29.7 Å². The van der Waals surface area contributed by atoms with Crippen LogP contribution in [-0.4, -0.2) is 57.1 Å². The molecule has 0 aliphatic carbocycles. The maximum Gasteiger partial charge on any atom is 0.280 e. The predicted molar refractivity (Wildman–Crippen MR) is 172 cm³/mol. The molecule has 8 nitrogen and oxygen atoms in total. The average Bonchev–Trinajstić information content (AvgIpc) is 3.64. The number of pyridine rings is 2. The number of carbonyl (C=O) groups is 1. The summed E-state index contributed by atoms with van der Waals surface area (Å²) in [6.45, 7) is 7.57. The second kappa shape index (κ2) is 13.0. The molecule has 2 fully saturated rings. The lowest BCUT2D eigenvalue weighted by Crippen LogP contribution is -2.53. The van der Waals surface area contributed by atoms with Gasteiger partial charge in [-0.2, -0.15) is 0 Å². The van der Waals surface area contributed by atoms with E-state index in [1.54, 1.807) is 34.2 Å². The molecule has 0 spiro atoms. The van der Waals surface area contributed by atoms with Crippen LogP contribution in [0.1, 0.15) is 61.8 Å². The Morgan fingerprint density at radius 3 is 2.56 bits per heavy atom. The maximum absolute atomic E-state index is 14.5. The molecule has 4 aromatic rings. The Bertz CT molecular complexity index is 1760. The number of rotatable bonds is 9. The minimum absolute atomic E-state index is 0.122. The first-order valence-corrected chi connectivity index (χ1v) is 16.4. The van der Waals surface area contributed by atoms with Gasteiger partial charge in [-0.15, -0.1) is 11.3 Å². The number of hydrogen-bond donors (Lipinski definition) is 1. The van der Waals surface area contributed by atoms with Crippen LogP contribution >= 0.6 is 22.9 Å². The van der Waals surface area contributed by atoms with Crippen LogP contribution in [0.2, 0.25) is 5.02 Å². The van der Waals surface area contributed by atoms with E-state index < -0.39 is 6.43 Å². The Morgan fingerprint density at radius 1 is 1.16 bits per heavy atom. The highest BCUT2D eigenvalue weighted by Gasteiger charge is 2.36. The van der Waals surface area contributed by atoms with Crippen LogP contribution in [0.25, 0.3) is 27.5 Å². The number of aromatic nitrogens is 3. The molecule has 45 heavy (non-hydrogen) atoms. The number of fused-ring (bicyclic) bond motifs is 2. The largest absolute Gasteiger partial charge is 0.494 e. The molecule has 6 rings (SSSR count). The molecule has 2 aliphatic rings. The number of alkyl halides is 2. The molecule has 2 bridgehead atoms. The first-order valence-electron chi connectivity index (χ1n) is 15.1. The monoisotopic (exact) mass is 653 g/mol. The molecular formula is C33H34ClF2N5O3S. The van der Waals surface area contributed by atoms with Crippen molar-refractivity contribution < 1.29 is 18.3 Å². The first-order chi connectivity index (χ1) is 21.6. The van der Waals surface area contributed by atoms with Crippen molar-refractivity contribution in [1.82, 2.24) is 24.8 Å². The number of carbonyl (C=O) groups excluding carboxylic acids is 1. The number of piperazine rings is 1. The van der Waals surface area contributed by atoms with E-state index in [-0.39, 0.29) is 40.7 Å². The smallest absolute Gasteiger partial charge is 0.280 e. The van der Waals surface area contributed by atoms with Gasteiger partial charge in [0.25, 0.3) is 17.9 Å². The van der Waals surface area contributed by atoms with Gasteiger partial charge in [-0.3, -0.25) is 19.1 Å². The van der Waals surface area contributed by atoms with Gasteiger partial charge in [0.15, 0.2) is 0 Å². The molecule has 1 aromatic carbocycles. The fourth-order valence-electron chi connectivity index (χ4n) is 6.10. The molecule has 0 saturated carbocycles. The van der Waals surface area contributed by atoms with Crippen molar-refractivity contribution in [3.63, 3.8) is 0 Å². The van der Waals surface area contributed by atoms with Crippen LogP contribution in [-0.2, 0) is 6.42 Å². The zero-order chi connectivity index (χ0) is 31.8. The van der Waals surface area contributed by atoms with Gasteiger partial charge in [0.1, 0.15) is 16.5 Å². The maximum atomic E-state index is 14.5. The number of nitrogens with one attached hydrogen (secondary N) is 1. The Morgan fingerprint density at radius 2 is 1.91 bits per heavy atom. The molecule has 1 amide bonds. The highest BCUT2D eigenvalue weighted by atomic mass is 35.5. The van der Waals surface area contributed by atoms with Crippen molar-refractivity contribution in [1.29, 1.82) is 0 Å². The van der Waals surface area contributed by atoms with E-state index in [0.29, 0.717) is 70.1 Å². The molecule has 236 valence electrons. The van der Waals surface area contributed by atoms with Gasteiger partial charge >= 0.3 is 0 Å². The lowest BCUT2D eigenvalue weighted by Gasteiger charge is -2.34. The Balaban J connectivity index is 1.54. The zero-order valence-corrected chi connectivity index (χ0v) is 26.8. The van der Waals surface area contributed by atoms with Crippen LogP contribution in [0.3, 0.4) is 0 Å². The summed E-state index contributed by atoms with van der Waals surface area (Å²) in [6.07, 6.45) is 1.16. The van der Waals surface area contributed by atoms with Gasteiger partial charge in [-0.25, -0.2) is 13.8 Å². The molecule has 1 N–H and O–H groups in total. The third-order valence-corrected chi connectivity index (χ3v) is 9.34. The van der Waals surface area contributed by atoms with E-state index in [1.807, 2.05) is 25.7 Å². The van der Waals surface area contributed by atoms with Crippen molar-refractivity contribution in [3.8, 4) is 33.3 Å². The summed E-state index contributed by atoms with van der Waals surface area (Å²) in [5, 5.41) is 6.06. The molecule has 0 unspecified atom stereocenters.